The van der Waals surface area contributed by atoms with Gasteiger partial charge in [-0.3, -0.25) is 4.72 Å². The van der Waals surface area contributed by atoms with E-state index >= 15 is 0 Å². The van der Waals surface area contributed by atoms with E-state index in [1.165, 1.54) is 12.3 Å². The summed E-state index contributed by atoms with van der Waals surface area (Å²) in [5.41, 5.74) is 0. The molecule has 1 heterocycles. The van der Waals surface area contributed by atoms with Gasteiger partial charge < -0.3 is 4.74 Å². The van der Waals surface area contributed by atoms with Gasteiger partial charge in [-0.05, 0) is 41.6 Å². The lowest BCUT2D eigenvalue weighted by Crippen LogP contribution is -2.35. The Bertz CT molecular complexity index is 488. The summed E-state index contributed by atoms with van der Waals surface area (Å²) in [6.07, 6.45) is 0.452. The molecule has 1 aromatic rings. The monoisotopic (exact) mass is 371 g/mol. The third-order valence-electron chi connectivity index (χ3n) is 1.46. The van der Waals surface area contributed by atoms with E-state index in [0.717, 1.165) is 3.57 Å². The zero-order valence-corrected chi connectivity index (χ0v) is 11.8. The quantitative estimate of drug-likeness (QED) is 0.773. The second-order valence-corrected chi connectivity index (χ2v) is 5.45. The highest BCUT2D eigenvalue weighted by Crippen LogP contribution is 2.07. The maximum atomic E-state index is 11.4. The van der Waals surface area contributed by atoms with Crippen LogP contribution >= 0.6 is 22.6 Å². The Morgan fingerprint density at radius 1 is 1.53 bits per heavy atom. The van der Waals surface area contributed by atoms with Crippen LogP contribution in [0.5, 0.6) is 0 Å². The van der Waals surface area contributed by atoms with Gasteiger partial charge in [0.25, 0.3) is 0 Å². The number of carbonyl (C=O) groups is 1. The van der Waals surface area contributed by atoms with Crippen molar-refractivity contribution in [1.82, 2.24) is 9.71 Å². The summed E-state index contributed by atoms with van der Waals surface area (Å²) in [6.45, 7) is 1.66. The van der Waals surface area contributed by atoms with Crippen molar-refractivity contribution in [2.75, 3.05) is 11.3 Å². The standard InChI is InChI=1S/C8H10IN3O4S/c1-2-16-8(13)12-17(14,15)11-7-4-3-6(9)5-10-7/h3-5H,2H2,1H3,(H,10,11)(H,12,13). The minimum Gasteiger partial charge on any atom is -0.449 e. The number of hydrogen-bond donors (Lipinski definition) is 2. The van der Waals surface area contributed by atoms with Crippen LogP contribution < -0.4 is 9.44 Å². The first-order valence-electron chi connectivity index (χ1n) is 4.52. The number of pyridine rings is 1. The molecular formula is C8H10IN3O4S. The van der Waals surface area contributed by atoms with E-state index in [4.69, 9.17) is 0 Å². The third-order valence-corrected chi connectivity index (χ3v) is 3.01. The van der Waals surface area contributed by atoms with Crippen LogP contribution in [0.1, 0.15) is 6.92 Å². The second kappa shape index (κ2) is 6.00. The van der Waals surface area contributed by atoms with E-state index in [1.807, 2.05) is 22.6 Å². The van der Waals surface area contributed by atoms with Crippen LogP contribution in [0.15, 0.2) is 18.3 Å². The molecule has 0 unspecified atom stereocenters. The van der Waals surface area contributed by atoms with Gasteiger partial charge in [-0.2, -0.15) is 8.42 Å². The van der Waals surface area contributed by atoms with Crippen LogP contribution in [0, 0.1) is 3.57 Å². The highest BCUT2D eigenvalue weighted by atomic mass is 127. The molecule has 0 radical (unpaired) electrons. The number of carbonyl (C=O) groups excluding carboxylic acids is 1. The predicted octanol–water partition coefficient (Wildman–Crippen LogP) is 1.09. The summed E-state index contributed by atoms with van der Waals surface area (Å²) < 4.78 is 31.9. The van der Waals surface area contributed by atoms with Crippen molar-refractivity contribution in [3.63, 3.8) is 0 Å². The molecule has 1 amide bonds. The Balaban J connectivity index is 2.66. The van der Waals surface area contributed by atoms with Crippen LogP contribution in [0.2, 0.25) is 0 Å². The average molecular weight is 371 g/mol. The lowest BCUT2D eigenvalue weighted by molar-refractivity contribution is 0.159. The Hall–Kier alpha value is -1.10. The minimum atomic E-state index is -4.01. The molecule has 0 aliphatic heterocycles. The first-order valence-corrected chi connectivity index (χ1v) is 7.08. The molecule has 9 heteroatoms. The lowest BCUT2D eigenvalue weighted by atomic mass is 10.5. The summed E-state index contributed by atoms with van der Waals surface area (Å²) in [4.78, 5) is 14.8. The number of amides is 1. The molecule has 2 N–H and O–H groups in total. The summed E-state index contributed by atoms with van der Waals surface area (Å²) in [5, 5.41) is 0. The SMILES string of the molecule is CCOC(=O)NS(=O)(=O)Nc1ccc(I)cn1. The van der Waals surface area contributed by atoms with Crippen LogP contribution in [0.25, 0.3) is 0 Å². The van der Waals surface area contributed by atoms with Crippen molar-refractivity contribution in [1.29, 1.82) is 0 Å². The van der Waals surface area contributed by atoms with Gasteiger partial charge in [0.15, 0.2) is 0 Å². The summed E-state index contributed by atoms with van der Waals surface area (Å²) in [7, 11) is -4.01. The Morgan fingerprint density at radius 2 is 2.24 bits per heavy atom. The first kappa shape index (κ1) is 14.0. The molecular weight excluding hydrogens is 361 g/mol. The van der Waals surface area contributed by atoms with Crippen molar-refractivity contribution in [3.05, 3.63) is 21.9 Å². The van der Waals surface area contributed by atoms with Gasteiger partial charge in [0.05, 0.1) is 6.61 Å². The molecule has 17 heavy (non-hydrogen) atoms. The van der Waals surface area contributed by atoms with Crippen molar-refractivity contribution in [3.8, 4) is 0 Å². The molecule has 0 spiro atoms. The molecule has 0 saturated heterocycles. The van der Waals surface area contributed by atoms with Crippen LogP contribution in [0.3, 0.4) is 0 Å². The molecule has 0 aliphatic carbocycles. The Labute approximate surface area is 112 Å². The third kappa shape index (κ3) is 5.17. The zero-order chi connectivity index (χ0) is 12.9. The molecule has 7 nitrogen and oxygen atoms in total. The Morgan fingerprint density at radius 3 is 2.76 bits per heavy atom. The normalized spacial score (nSPS) is 10.7. The fourth-order valence-electron chi connectivity index (χ4n) is 0.870. The summed E-state index contributed by atoms with van der Waals surface area (Å²) >= 11 is 2.04. The number of rotatable bonds is 4. The van der Waals surface area contributed by atoms with E-state index in [-0.39, 0.29) is 12.4 Å². The van der Waals surface area contributed by atoms with E-state index < -0.39 is 16.3 Å². The van der Waals surface area contributed by atoms with Gasteiger partial charge in [0.2, 0.25) is 0 Å². The van der Waals surface area contributed by atoms with Gasteiger partial charge in [-0.25, -0.2) is 14.5 Å². The number of nitrogens with zero attached hydrogens (tertiary/aromatic N) is 1. The largest absolute Gasteiger partial charge is 0.449 e. The van der Waals surface area contributed by atoms with Crippen molar-refractivity contribution >= 4 is 44.7 Å². The predicted molar refractivity (Wildman–Crippen MR) is 69.7 cm³/mol. The lowest BCUT2D eigenvalue weighted by Gasteiger charge is -2.08. The van der Waals surface area contributed by atoms with E-state index in [2.05, 4.69) is 14.4 Å². The molecule has 0 aromatic carbocycles. The summed E-state index contributed by atoms with van der Waals surface area (Å²) in [6, 6.07) is 3.15. The van der Waals surface area contributed by atoms with Crippen molar-refractivity contribution in [2.45, 2.75) is 6.92 Å². The van der Waals surface area contributed by atoms with Gasteiger partial charge in [0.1, 0.15) is 5.82 Å². The van der Waals surface area contributed by atoms with Crippen molar-refractivity contribution in [2.24, 2.45) is 0 Å². The fraction of sp³-hybridized carbons (Fsp3) is 0.250. The maximum Gasteiger partial charge on any atom is 0.422 e. The van der Waals surface area contributed by atoms with Gasteiger partial charge in [-0.15, -0.1) is 0 Å². The number of hydrogen-bond acceptors (Lipinski definition) is 5. The zero-order valence-electron chi connectivity index (χ0n) is 8.81. The van der Waals surface area contributed by atoms with Crippen molar-refractivity contribution < 1.29 is 17.9 Å². The number of anilines is 1. The first-order chi connectivity index (χ1) is 7.93. The maximum absolute atomic E-state index is 11.4. The van der Waals surface area contributed by atoms with Gasteiger partial charge in [0, 0.05) is 9.77 Å². The van der Waals surface area contributed by atoms with Crippen LogP contribution in [-0.2, 0) is 14.9 Å². The highest BCUT2D eigenvalue weighted by Gasteiger charge is 2.15. The molecule has 1 aromatic heterocycles. The topological polar surface area (TPSA) is 97.4 Å². The molecule has 0 fully saturated rings. The highest BCUT2D eigenvalue weighted by molar-refractivity contribution is 14.1. The number of nitrogens with one attached hydrogen (secondary N) is 2. The van der Waals surface area contributed by atoms with Gasteiger partial charge >= 0.3 is 16.3 Å². The number of halogens is 1. The summed E-state index contributed by atoms with van der Waals surface area (Å²) in [5.74, 6) is 0.113. The number of aromatic nitrogens is 1. The Kier molecular flexibility index (Phi) is 4.93. The van der Waals surface area contributed by atoms with Crippen LogP contribution in [0.4, 0.5) is 10.6 Å². The smallest absolute Gasteiger partial charge is 0.422 e. The molecule has 1 rings (SSSR count). The molecule has 0 saturated carbocycles. The number of ether oxygens (including phenoxy) is 1. The molecule has 0 aliphatic rings. The van der Waals surface area contributed by atoms with E-state index in [1.54, 1.807) is 17.7 Å². The van der Waals surface area contributed by atoms with E-state index in [9.17, 15) is 13.2 Å². The molecule has 0 atom stereocenters. The average Bonchev–Trinajstić information content (AvgIpc) is 2.20. The molecule has 94 valence electrons. The van der Waals surface area contributed by atoms with Crippen LogP contribution in [-0.4, -0.2) is 26.1 Å². The minimum absolute atomic E-state index is 0.0864. The second-order valence-electron chi connectivity index (χ2n) is 2.79. The van der Waals surface area contributed by atoms with Gasteiger partial charge in [-0.1, -0.05) is 0 Å². The fourth-order valence-corrected chi connectivity index (χ4v) is 1.91. The van der Waals surface area contributed by atoms with E-state index in [0.29, 0.717) is 0 Å². The molecule has 0 bridgehead atoms.